The Morgan fingerprint density at radius 1 is 1.27 bits per heavy atom. The highest BCUT2D eigenvalue weighted by Crippen LogP contribution is 2.25. The van der Waals surface area contributed by atoms with Crippen LogP contribution in [0.5, 0.6) is 0 Å². The van der Waals surface area contributed by atoms with Gasteiger partial charge in [0.25, 0.3) is 0 Å². The molecular formula is C11H12F2O2. The minimum absolute atomic E-state index is 0.185. The molecule has 0 aliphatic carbocycles. The van der Waals surface area contributed by atoms with Crippen molar-refractivity contribution >= 4 is 6.08 Å². The molecule has 1 rings (SSSR count). The van der Waals surface area contributed by atoms with Crippen LogP contribution in [0.25, 0.3) is 6.08 Å². The number of halogens is 2. The summed E-state index contributed by atoms with van der Waals surface area (Å²) in [5.74, 6) is -1.36. The maximum Gasteiger partial charge on any atom is 0.183 e. The van der Waals surface area contributed by atoms with Gasteiger partial charge < -0.3 is 9.47 Å². The van der Waals surface area contributed by atoms with Crippen molar-refractivity contribution in [3.05, 3.63) is 41.5 Å². The van der Waals surface area contributed by atoms with E-state index in [-0.39, 0.29) is 11.1 Å². The molecular weight excluding hydrogens is 202 g/mol. The molecule has 82 valence electrons. The summed E-state index contributed by atoms with van der Waals surface area (Å²) < 4.78 is 36.2. The molecule has 2 nitrogen and oxygen atoms in total. The highest BCUT2D eigenvalue weighted by Gasteiger charge is 2.17. The number of ether oxygens (including phenoxy) is 2. The molecule has 0 aliphatic rings. The minimum Gasteiger partial charge on any atom is -0.352 e. The molecule has 0 aromatic heterocycles. The number of hydrogen-bond acceptors (Lipinski definition) is 2. The van der Waals surface area contributed by atoms with Gasteiger partial charge in [0, 0.05) is 31.4 Å². The van der Waals surface area contributed by atoms with Crippen LogP contribution in [0.4, 0.5) is 8.78 Å². The first kappa shape index (κ1) is 11.8. The Kier molecular flexibility index (Phi) is 3.94. The summed E-state index contributed by atoms with van der Waals surface area (Å²) in [6.07, 6.45) is 0.498. The van der Waals surface area contributed by atoms with Crippen LogP contribution >= 0.6 is 0 Å². The summed E-state index contributed by atoms with van der Waals surface area (Å²) in [5.41, 5.74) is 0.470. The summed E-state index contributed by atoms with van der Waals surface area (Å²) in [6.45, 7) is 3.46. The number of benzene rings is 1. The molecule has 0 saturated carbocycles. The van der Waals surface area contributed by atoms with E-state index in [1.165, 1.54) is 20.3 Å². The lowest BCUT2D eigenvalue weighted by Crippen LogP contribution is -2.07. The van der Waals surface area contributed by atoms with E-state index in [1.54, 1.807) is 0 Å². The average molecular weight is 214 g/mol. The molecule has 0 atom stereocenters. The topological polar surface area (TPSA) is 18.5 Å². The Morgan fingerprint density at radius 3 is 2.33 bits per heavy atom. The first-order chi connectivity index (χ1) is 7.13. The van der Waals surface area contributed by atoms with Crippen molar-refractivity contribution in [3.8, 4) is 0 Å². The van der Waals surface area contributed by atoms with E-state index in [0.717, 1.165) is 12.1 Å². The second-order valence-corrected chi connectivity index (χ2v) is 2.90. The lowest BCUT2D eigenvalue weighted by atomic mass is 10.1. The van der Waals surface area contributed by atoms with E-state index >= 15 is 0 Å². The number of rotatable bonds is 4. The third kappa shape index (κ3) is 2.40. The maximum absolute atomic E-state index is 13.3. The fourth-order valence-electron chi connectivity index (χ4n) is 1.37. The van der Waals surface area contributed by atoms with Crippen LogP contribution in [-0.4, -0.2) is 14.2 Å². The van der Waals surface area contributed by atoms with E-state index < -0.39 is 17.9 Å². The molecule has 0 amide bonds. The Labute approximate surface area is 87.1 Å². The Bertz CT molecular complexity index is 360. The van der Waals surface area contributed by atoms with E-state index in [0.29, 0.717) is 0 Å². The molecule has 0 saturated heterocycles. The third-order valence-electron chi connectivity index (χ3n) is 2.01. The van der Waals surface area contributed by atoms with Gasteiger partial charge in [-0.15, -0.1) is 0 Å². The van der Waals surface area contributed by atoms with Crippen molar-refractivity contribution in [2.75, 3.05) is 14.2 Å². The lowest BCUT2D eigenvalue weighted by molar-refractivity contribution is -0.106. The molecule has 0 radical (unpaired) electrons. The molecule has 0 unspecified atom stereocenters. The highest BCUT2D eigenvalue weighted by molar-refractivity contribution is 5.53. The van der Waals surface area contributed by atoms with Crippen LogP contribution in [-0.2, 0) is 9.47 Å². The standard InChI is InChI=1S/C11H12F2O2/c1-4-8-9(11(14-2)15-3)5-7(12)6-10(8)13/h4-6,11H,1H2,2-3H3. The zero-order valence-corrected chi connectivity index (χ0v) is 8.59. The maximum atomic E-state index is 13.3. The highest BCUT2D eigenvalue weighted by atomic mass is 19.1. The second-order valence-electron chi connectivity index (χ2n) is 2.90. The van der Waals surface area contributed by atoms with Gasteiger partial charge in [-0.2, -0.15) is 0 Å². The smallest absolute Gasteiger partial charge is 0.183 e. The summed E-state index contributed by atoms with van der Waals surface area (Å²) in [7, 11) is 2.79. The van der Waals surface area contributed by atoms with E-state index in [2.05, 4.69) is 6.58 Å². The summed E-state index contributed by atoms with van der Waals surface area (Å²) >= 11 is 0. The normalized spacial score (nSPS) is 10.7. The first-order valence-corrected chi connectivity index (χ1v) is 4.31. The molecule has 1 aromatic rings. The minimum atomic E-state index is -0.803. The van der Waals surface area contributed by atoms with Crippen LogP contribution in [0.15, 0.2) is 18.7 Å². The average Bonchev–Trinajstić information content (AvgIpc) is 2.19. The van der Waals surface area contributed by atoms with Crippen molar-refractivity contribution in [3.63, 3.8) is 0 Å². The number of hydrogen-bond donors (Lipinski definition) is 0. The molecule has 1 aromatic carbocycles. The van der Waals surface area contributed by atoms with Gasteiger partial charge in [-0.25, -0.2) is 8.78 Å². The summed E-state index contributed by atoms with van der Waals surface area (Å²) in [6, 6.07) is 1.96. The van der Waals surface area contributed by atoms with Crippen molar-refractivity contribution in [1.29, 1.82) is 0 Å². The van der Waals surface area contributed by atoms with Gasteiger partial charge in [-0.1, -0.05) is 12.7 Å². The molecule has 0 heterocycles. The lowest BCUT2D eigenvalue weighted by Gasteiger charge is -2.16. The second kappa shape index (κ2) is 5.00. The Hall–Kier alpha value is -1.26. The summed E-state index contributed by atoms with van der Waals surface area (Å²) in [5, 5.41) is 0. The molecule has 0 spiro atoms. The number of methoxy groups -OCH3 is 2. The van der Waals surface area contributed by atoms with E-state index in [1.807, 2.05) is 0 Å². The predicted octanol–water partition coefficient (Wildman–Crippen LogP) is 2.90. The van der Waals surface area contributed by atoms with Gasteiger partial charge in [0.05, 0.1) is 0 Å². The largest absolute Gasteiger partial charge is 0.352 e. The quantitative estimate of drug-likeness (QED) is 0.717. The van der Waals surface area contributed by atoms with Crippen LogP contribution in [0.1, 0.15) is 17.4 Å². The van der Waals surface area contributed by atoms with Gasteiger partial charge in [0.15, 0.2) is 6.29 Å². The predicted molar refractivity (Wildman–Crippen MR) is 53.2 cm³/mol. The molecule has 4 heteroatoms. The molecule has 0 aliphatic heterocycles. The van der Waals surface area contributed by atoms with Crippen molar-refractivity contribution in [1.82, 2.24) is 0 Å². The molecule has 15 heavy (non-hydrogen) atoms. The van der Waals surface area contributed by atoms with Gasteiger partial charge >= 0.3 is 0 Å². The van der Waals surface area contributed by atoms with Gasteiger partial charge in [0.2, 0.25) is 0 Å². The Balaban J connectivity index is 3.30. The summed E-state index contributed by atoms with van der Waals surface area (Å²) in [4.78, 5) is 0. The van der Waals surface area contributed by atoms with Crippen LogP contribution in [0, 0.1) is 11.6 Å². The van der Waals surface area contributed by atoms with Crippen molar-refractivity contribution in [2.24, 2.45) is 0 Å². The first-order valence-electron chi connectivity index (χ1n) is 4.31. The van der Waals surface area contributed by atoms with Crippen LogP contribution in [0.2, 0.25) is 0 Å². The third-order valence-corrected chi connectivity index (χ3v) is 2.01. The fraction of sp³-hybridized carbons (Fsp3) is 0.273. The van der Waals surface area contributed by atoms with E-state index in [4.69, 9.17) is 9.47 Å². The van der Waals surface area contributed by atoms with Gasteiger partial charge in [-0.3, -0.25) is 0 Å². The van der Waals surface area contributed by atoms with Crippen molar-refractivity contribution in [2.45, 2.75) is 6.29 Å². The molecule has 0 fully saturated rings. The van der Waals surface area contributed by atoms with Crippen LogP contribution < -0.4 is 0 Å². The Morgan fingerprint density at radius 2 is 1.87 bits per heavy atom. The van der Waals surface area contributed by atoms with Crippen LogP contribution in [0.3, 0.4) is 0 Å². The zero-order chi connectivity index (χ0) is 11.4. The monoisotopic (exact) mass is 214 g/mol. The van der Waals surface area contributed by atoms with Gasteiger partial charge in [-0.05, 0) is 6.07 Å². The molecule has 0 N–H and O–H groups in total. The molecule has 0 bridgehead atoms. The van der Waals surface area contributed by atoms with Crippen molar-refractivity contribution < 1.29 is 18.3 Å². The fourth-order valence-corrected chi connectivity index (χ4v) is 1.37. The zero-order valence-electron chi connectivity index (χ0n) is 8.59. The van der Waals surface area contributed by atoms with E-state index in [9.17, 15) is 8.78 Å². The van der Waals surface area contributed by atoms with Gasteiger partial charge in [0.1, 0.15) is 11.6 Å². The SMILES string of the molecule is C=Cc1c(F)cc(F)cc1C(OC)OC.